The number of aryl methyl sites for hydroxylation is 1. The highest BCUT2D eigenvalue weighted by atomic mass is 79.9. The molecule has 2 aromatic rings. The number of nitrogens with zero attached hydrogens (tertiary/aromatic N) is 3. The number of carbonyl (C=O) groups excluding carboxylic acids is 1. The number of sulfonamides is 1. The molecule has 0 bridgehead atoms. The molecule has 32 heavy (non-hydrogen) atoms. The minimum absolute atomic E-state index is 0.0585. The molecule has 2 aliphatic heterocycles. The summed E-state index contributed by atoms with van der Waals surface area (Å²) in [5.74, 6) is -0.239. The van der Waals surface area contributed by atoms with Gasteiger partial charge in [-0.1, -0.05) is 33.6 Å². The minimum Gasteiger partial charge on any atom is -0.368 e. The first-order chi connectivity index (χ1) is 15.3. The van der Waals surface area contributed by atoms with Gasteiger partial charge < -0.3 is 9.80 Å². The van der Waals surface area contributed by atoms with Crippen LogP contribution in [0.5, 0.6) is 0 Å². The zero-order valence-electron chi connectivity index (χ0n) is 18.0. The molecular formula is C23H27BrClN3O3S. The molecule has 1 atom stereocenters. The lowest BCUT2D eigenvalue weighted by atomic mass is 9.97. The van der Waals surface area contributed by atoms with Crippen LogP contribution in [0.1, 0.15) is 18.4 Å². The van der Waals surface area contributed by atoms with E-state index >= 15 is 0 Å². The van der Waals surface area contributed by atoms with Crippen molar-refractivity contribution >= 4 is 49.1 Å². The average Bonchev–Trinajstić information content (AvgIpc) is 2.81. The van der Waals surface area contributed by atoms with Gasteiger partial charge in [0.1, 0.15) is 0 Å². The minimum atomic E-state index is -3.61. The summed E-state index contributed by atoms with van der Waals surface area (Å²) < 4.78 is 28.4. The fourth-order valence-corrected chi connectivity index (χ4v) is 6.42. The summed E-state index contributed by atoms with van der Waals surface area (Å²) in [5, 5.41) is 0.707. The summed E-state index contributed by atoms with van der Waals surface area (Å²) >= 11 is 9.51. The van der Waals surface area contributed by atoms with Crippen LogP contribution in [0, 0.1) is 12.8 Å². The molecule has 0 N–H and O–H groups in total. The van der Waals surface area contributed by atoms with E-state index in [2.05, 4.69) is 27.8 Å². The first-order valence-corrected chi connectivity index (χ1v) is 13.4. The van der Waals surface area contributed by atoms with Crippen molar-refractivity contribution in [3.05, 3.63) is 57.5 Å². The second kappa shape index (κ2) is 9.71. The molecule has 2 fully saturated rings. The number of anilines is 1. The fourth-order valence-electron chi connectivity index (χ4n) is 4.47. The first kappa shape index (κ1) is 23.5. The van der Waals surface area contributed by atoms with Gasteiger partial charge in [0.05, 0.1) is 10.8 Å². The number of halogens is 2. The van der Waals surface area contributed by atoms with Crippen LogP contribution in [0.2, 0.25) is 5.02 Å². The van der Waals surface area contributed by atoms with Crippen molar-refractivity contribution in [1.29, 1.82) is 0 Å². The van der Waals surface area contributed by atoms with E-state index in [-0.39, 0.29) is 23.3 Å². The van der Waals surface area contributed by atoms with Gasteiger partial charge >= 0.3 is 0 Å². The molecule has 0 radical (unpaired) electrons. The van der Waals surface area contributed by atoms with E-state index in [0.29, 0.717) is 31.1 Å². The van der Waals surface area contributed by atoms with Gasteiger partial charge in [-0.25, -0.2) is 8.42 Å². The summed E-state index contributed by atoms with van der Waals surface area (Å²) in [5.41, 5.74) is 2.27. The quantitative estimate of drug-likeness (QED) is 0.584. The largest absolute Gasteiger partial charge is 0.368 e. The Bertz CT molecular complexity index is 1090. The lowest BCUT2D eigenvalue weighted by Gasteiger charge is -2.40. The van der Waals surface area contributed by atoms with Crippen molar-refractivity contribution in [2.24, 2.45) is 5.92 Å². The Morgan fingerprint density at radius 3 is 2.41 bits per heavy atom. The van der Waals surface area contributed by atoms with Gasteiger partial charge in [0.15, 0.2) is 0 Å². The number of hydrogen-bond donors (Lipinski definition) is 0. The standard InChI is InChI=1S/C23H27BrClN3O3S/c1-17-4-7-20(25)15-22(17)26-11-13-27(14-12-26)23(29)18-3-2-10-28(16-18)32(30,31)21-8-5-19(24)6-9-21/h4-9,15,18H,2-3,10-14,16H2,1H3/t18-/m0/s1. The van der Waals surface area contributed by atoms with E-state index < -0.39 is 10.0 Å². The smallest absolute Gasteiger partial charge is 0.243 e. The highest BCUT2D eigenvalue weighted by Gasteiger charge is 2.36. The maximum absolute atomic E-state index is 13.2. The zero-order chi connectivity index (χ0) is 22.9. The van der Waals surface area contributed by atoms with E-state index in [9.17, 15) is 13.2 Å². The zero-order valence-corrected chi connectivity index (χ0v) is 21.2. The Morgan fingerprint density at radius 2 is 1.72 bits per heavy atom. The van der Waals surface area contributed by atoms with Crippen LogP contribution in [-0.4, -0.2) is 62.8 Å². The van der Waals surface area contributed by atoms with Gasteiger partial charge in [0, 0.05) is 54.5 Å². The average molecular weight is 541 g/mol. The Hall–Kier alpha value is -1.61. The fraction of sp³-hybridized carbons (Fsp3) is 0.435. The summed E-state index contributed by atoms with van der Waals surface area (Å²) in [7, 11) is -3.61. The number of benzene rings is 2. The van der Waals surface area contributed by atoms with Gasteiger partial charge in [-0.05, 0) is 61.7 Å². The Morgan fingerprint density at radius 1 is 1.03 bits per heavy atom. The van der Waals surface area contributed by atoms with Crippen LogP contribution >= 0.6 is 27.5 Å². The molecule has 1 amide bonds. The molecule has 2 saturated heterocycles. The molecule has 0 saturated carbocycles. The number of rotatable bonds is 4. The molecule has 4 rings (SSSR count). The first-order valence-electron chi connectivity index (χ1n) is 10.8. The highest BCUT2D eigenvalue weighted by Crippen LogP contribution is 2.28. The van der Waals surface area contributed by atoms with Crippen molar-refractivity contribution < 1.29 is 13.2 Å². The predicted octanol–water partition coefficient (Wildman–Crippen LogP) is 4.16. The van der Waals surface area contributed by atoms with Gasteiger partial charge in [-0.2, -0.15) is 4.31 Å². The lowest BCUT2D eigenvalue weighted by Crippen LogP contribution is -2.53. The van der Waals surface area contributed by atoms with Crippen LogP contribution in [0.15, 0.2) is 51.8 Å². The summed E-state index contributed by atoms with van der Waals surface area (Å²) in [6.45, 7) is 5.48. The summed E-state index contributed by atoms with van der Waals surface area (Å²) in [4.78, 5) is 17.6. The molecule has 0 aromatic heterocycles. The van der Waals surface area contributed by atoms with Crippen LogP contribution in [0.3, 0.4) is 0 Å². The third-order valence-corrected chi connectivity index (χ3v) is 8.93. The van der Waals surface area contributed by atoms with E-state index in [1.54, 1.807) is 24.3 Å². The maximum Gasteiger partial charge on any atom is 0.243 e. The van der Waals surface area contributed by atoms with Crippen molar-refractivity contribution in [1.82, 2.24) is 9.21 Å². The van der Waals surface area contributed by atoms with Crippen LogP contribution in [-0.2, 0) is 14.8 Å². The van der Waals surface area contributed by atoms with E-state index in [4.69, 9.17) is 11.6 Å². The SMILES string of the molecule is Cc1ccc(Cl)cc1N1CCN(C(=O)[C@H]2CCCN(S(=O)(=O)c3ccc(Br)cc3)C2)CC1. The van der Waals surface area contributed by atoms with Crippen molar-refractivity contribution in [2.75, 3.05) is 44.2 Å². The van der Waals surface area contributed by atoms with Crippen molar-refractivity contribution in [3.63, 3.8) is 0 Å². The number of carbonyl (C=O) groups is 1. The van der Waals surface area contributed by atoms with Gasteiger partial charge in [-0.3, -0.25) is 4.79 Å². The third-order valence-electron chi connectivity index (χ3n) is 6.29. The second-order valence-electron chi connectivity index (χ2n) is 8.40. The molecule has 6 nitrogen and oxygen atoms in total. The normalized spacial score (nSPS) is 20.4. The van der Waals surface area contributed by atoms with E-state index in [1.165, 1.54) is 4.31 Å². The Balaban J connectivity index is 1.39. The summed E-state index contributed by atoms with van der Waals surface area (Å²) in [6, 6.07) is 12.5. The second-order valence-corrected chi connectivity index (χ2v) is 11.7. The molecule has 2 aliphatic rings. The van der Waals surface area contributed by atoms with Crippen LogP contribution in [0.25, 0.3) is 0 Å². The molecule has 0 aliphatic carbocycles. The van der Waals surface area contributed by atoms with Gasteiger partial charge in [-0.15, -0.1) is 0 Å². The molecule has 0 spiro atoms. The topological polar surface area (TPSA) is 60.9 Å². The number of hydrogen-bond acceptors (Lipinski definition) is 4. The van der Waals surface area contributed by atoms with Crippen LogP contribution < -0.4 is 4.90 Å². The molecule has 172 valence electrons. The number of piperidine rings is 1. The van der Waals surface area contributed by atoms with Crippen LogP contribution in [0.4, 0.5) is 5.69 Å². The lowest BCUT2D eigenvalue weighted by molar-refractivity contribution is -0.137. The Kier molecular flexibility index (Phi) is 7.14. The number of amides is 1. The maximum atomic E-state index is 13.2. The molecular weight excluding hydrogens is 514 g/mol. The number of piperazine rings is 1. The van der Waals surface area contributed by atoms with Crippen molar-refractivity contribution in [2.45, 2.75) is 24.7 Å². The molecule has 2 aromatic carbocycles. The summed E-state index contributed by atoms with van der Waals surface area (Å²) in [6.07, 6.45) is 1.41. The van der Waals surface area contributed by atoms with Crippen molar-refractivity contribution in [3.8, 4) is 0 Å². The molecule has 2 heterocycles. The monoisotopic (exact) mass is 539 g/mol. The Labute approximate surface area is 203 Å². The van der Waals surface area contributed by atoms with E-state index in [1.807, 2.05) is 23.1 Å². The van der Waals surface area contributed by atoms with E-state index in [0.717, 1.165) is 35.2 Å². The molecule has 9 heteroatoms. The highest BCUT2D eigenvalue weighted by molar-refractivity contribution is 9.10. The predicted molar refractivity (Wildman–Crippen MR) is 131 cm³/mol. The third kappa shape index (κ3) is 4.98. The molecule has 0 unspecified atom stereocenters. The van der Waals surface area contributed by atoms with Gasteiger partial charge in [0.25, 0.3) is 0 Å². The van der Waals surface area contributed by atoms with Gasteiger partial charge in [0.2, 0.25) is 15.9 Å².